The summed E-state index contributed by atoms with van der Waals surface area (Å²) in [4.78, 5) is 33.4. The molecule has 0 aromatic carbocycles. The molecule has 3 heterocycles. The van der Waals surface area contributed by atoms with Gasteiger partial charge < -0.3 is 5.32 Å². The van der Waals surface area contributed by atoms with Crippen molar-refractivity contribution in [3.8, 4) is 0 Å². The highest BCUT2D eigenvalue weighted by Gasteiger charge is 2.46. The van der Waals surface area contributed by atoms with Gasteiger partial charge in [-0.3, -0.25) is 14.9 Å². The van der Waals surface area contributed by atoms with Crippen molar-refractivity contribution in [3.63, 3.8) is 0 Å². The van der Waals surface area contributed by atoms with Gasteiger partial charge in [-0.1, -0.05) is 13.8 Å². The van der Waals surface area contributed by atoms with Gasteiger partial charge in [0.15, 0.2) is 0 Å². The third-order valence-electron chi connectivity index (χ3n) is 4.63. The molecule has 2 unspecified atom stereocenters. The first-order valence-electron chi connectivity index (χ1n) is 8.81. The number of hydrogen-bond acceptors (Lipinski definition) is 7. The maximum absolute atomic E-state index is 13.0. The summed E-state index contributed by atoms with van der Waals surface area (Å²) in [6, 6.07) is 3.42. The van der Waals surface area contributed by atoms with Crippen molar-refractivity contribution in [1.29, 1.82) is 0 Å². The molecule has 9 heteroatoms. The molecule has 4 rings (SSSR count). The first-order valence-corrected chi connectivity index (χ1v) is 9.63. The number of thiophene rings is 1. The zero-order valence-electron chi connectivity index (χ0n) is 15.3. The molecule has 0 spiro atoms. The van der Waals surface area contributed by atoms with Crippen molar-refractivity contribution in [3.05, 3.63) is 40.6 Å². The molecule has 8 nitrogen and oxygen atoms in total. The van der Waals surface area contributed by atoms with Gasteiger partial charge in [0.25, 0.3) is 5.56 Å². The smallest absolute Gasteiger partial charge is 0.285 e. The second-order valence-electron chi connectivity index (χ2n) is 6.86. The SMILES string of the molecule is CNc1cc2c(C(C)C)nn(C3CC3C(=O)Nc3ncccn3)c(=O)c2s1. The fourth-order valence-corrected chi connectivity index (χ4v) is 4.09. The lowest BCUT2D eigenvalue weighted by Crippen LogP contribution is -2.26. The number of amides is 1. The highest BCUT2D eigenvalue weighted by atomic mass is 32.1. The zero-order chi connectivity index (χ0) is 19.1. The molecule has 0 saturated heterocycles. The molecule has 1 aliphatic rings. The van der Waals surface area contributed by atoms with E-state index in [1.54, 1.807) is 18.5 Å². The van der Waals surface area contributed by atoms with Crippen LogP contribution in [0.3, 0.4) is 0 Å². The van der Waals surface area contributed by atoms with E-state index in [2.05, 4.69) is 39.5 Å². The van der Waals surface area contributed by atoms with Crippen LogP contribution in [0.15, 0.2) is 29.3 Å². The molecule has 27 heavy (non-hydrogen) atoms. The minimum Gasteiger partial charge on any atom is -0.380 e. The summed E-state index contributed by atoms with van der Waals surface area (Å²) in [6.45, 7) is 4.11. The second-order valence-corrected chi connectivity index (χ2v) is 7.92. The number of anilines is 2. The van der Waals surface area contributed by atoms with Crippen LogP contribution in [0, 0.1) is 5.92 Å². The van der Waals surface area contributed by atoms with Crippen molar-refractivity contribution in [2.75, 3.05) is 17.7 Å². The topological polar surface area (TPSA) is 102 Å². The lowest BCUT2D eigenvalue weighted by molar-refractivity contribution is -0.117. The molecule has 2 atom stereocenters. The Kier molecular flexibility index (Phi) is 4.39. The number of nitrogens with one attached hydrogen (secondary N) is 2. The summed E-state index contributed by atoms with van der Waals surface area (Å²) in [5, 5.41) is 12.2. The van der Waals surface area contributed by atoms with Gasteiger partial charge in [-0.05, 0) is 24.5 Å². The van der Waals surface area contributed by atoms with E-state index in [4.69, 9.17) is 0 Å². The molecular formula is C18H20N6O2S. The Balaban J connectivity index is 1.65. The van der Waals surface area contributed by atoms with E-state index in [1.807, 2.05) is 13.1 Å². The van der Waals surface area contributed by atoms with Crippen molar-refractivity contribution in [2.24, 2.45) is 5.92 Å². The van der Waals surface area contributed by atoms with Crippen LogP contribution in [0.25, 0.3) is 10.1 Å². The van der Waals surface area contributed by atoms with Gasteiger partial charge in [0.2, 0.25) is 11.9 Å². The van der Waals surface area contributed by atoms with Gasteiger partial charge >= 0.3 is 0 Å². The number of nitrogens with zero attached hydrogens (tertiary/aromatic N) is 4. The molecule has 1 aliphatic carbocycles. The van der Waals surface area contributed by atoms with Crippen molar-refractivity contribution in [1.82, 2.24) is 19.7 Å². The monoisotopic (exact) mass is 384 g/mol. The quantitative estimate of drug-likeness (QED) is 0.701. The van der Waals surface area contributed by atoms with Crippen LogP contribution < -0.4 is 16.2 Å². The van der Waals surface area contributed by atoms with Gasteiger partial charge in [0.1, 0.15) is 4.70 Å². The summed E-state index contributed by atoms with van der Waals surface area (Å²) in [5.74, 6) is -0.0560. The summed E-state index contributed by atoms with van der Waals surface area (Å²) in [7, 11) is 1.83. The molecular weight excluding hydrogens is 364 g/mol. The average Bonchev–Trinajstić information content (AvgIpc) is 3.33. The van der Waals surface area contributed by atoms with E-state index in [1.165, 1.54) is 16.0 Å². The first-order chi connectivity index (χ1) is 13.0. The third kappa shape index (κ3) is 3.18. The predicted molar refractivity (Wildman–Crippen MR) is 105 cm³/mol. The second kappa shape index (κ2) is 6.73. The molecule has 0 aliphatic heterocycles. The minimum atomic E-state index is -0.305. The Labute approximate surface area is 159 Å². The summed E-state index contributed by atoms with van der Waals surface area (Å²) in [6.07, 6.45) is 3.72. The van der Waals surface area contributed by atoms with E-state index in [0.717, 1.165) is 16.1 Å². The van der Waals surface area contributed by atoms with Crippen LogP contribution in [0.1, 0.15) is 37.9 Å². The number of fused-ring (bicyclic) bond motifs is 1. The van der Waals surface area contributed by atoms with Gasteiger partial charge in [0, 0.05) is 24.8 Å². The van der Waals surface area contributed by atoms with Crippen LogP contribution in [0.5, 0.6) is 0 Å². The highest BCUT2D eigenvalue weighted by Crippen LogP contribution is 2.43. The molecule has 140 valence electrons. The highest BCUT2D eigenvalue weighted by molar-refractivity contribution is 7.22. The maximum atomic E-state index is 13.0. The molecule has 2 N–H and O–H groups in total. The van der Waals surface area contributed by atoms with E-state index in [-0.39, 0.29) is 35.3 Å². The first kappa shape index (κ1) is 17.6. The van der Waals surface area contributed by atoms with Crippen molar-refractivity contribution in [2.45, 2.75) is 32.2 Å². The molecule has 3 aromatic heterocycles. The largest absolute Gasteiger partial charge is 0.380 e. The molecule has 0 bridgehead atoms. The predicted octanol–water partition coefficient (Wildman–Crippen LogP) is 2.61. The molecule has 0 radical (unpaired) electrons. The third-order valence-corrected chi connectivity index (χ3v) is 5.77. The van der Waals surface area contributed by atoms with E-state index in [9.17, 15) is 9.59 Å². The fourth-order valence-electron chi connectivity index (χ4n) is 3.13. The number of rotatable bonds is 5. The number of carbonyl (C=O) groups is 1. The van der Waals surface area contributed by atoms with Gasteiger partial charge in [-0.15, -0.1) is 11.3 Å². The number of carbonyl (C=O) groups excluding carboxylic acids is 1. The van der Waals surface area contributed by atoms with Gasteiger partial charge in [-0.2, -0.15) is 5.10 Å². The summed E-state index contributed by atoms with van der Waals surface area (Å²) < 4.78 is 2.17. The molecule has 1 fully saturated rings. The minimum absolute atomic E-state index is 0.142. The van der Waals surface area contributed by atoms with Crippen LogP contribution >= 0.6 is 11.3 Å². The Morgan fingerprint density at radius 1 is 1.33 bits per heavy atom. The Morgan fingerprint density at radius 3 is 2.74 bits per heavy atom. The lowest BCUT2D eigenvalue weighted by Gasteiger charge is -2.11. The normalized spacial score (nSPS) is 18.7. The van der Waals surface area contributed by atoms with E-state index in [0.29, 0.717) is 11.1 Å². The van der Waals surface area contributed by atoms with Gasteiger partial charge in [-0.25, -0.2) is 14.6 Å². The van der Waals surface area contributed by atoms with Crippen molar-refractivity contribution < 1.29 is 4.79 Å². The Hall–Kier alpha value is -2.81. The standard InChI is InChI=1S/C18H20N6O2S/c1-9(2)14-11-8-13(19-3)27-15(11)17(26)24(23-14)12-7-10(12)16(25)22-18-20-5-4-6-21-18/h4-6,8-10,12,19H,7H2,1-3H3,(H,20,21,22,25). The Bertz CT molecular complexity index is 1060. The molecule has 1 amide bonds. The zero-order valence-corrected chi connectivity index (χ0v) is 16.1. The van der Waals surface area contributed by atoms with Crippen LogP contribution in [0.4, 0.5) is 10.9 Å². The van der Waals surface area contributed by atoms with Crippen LogP contribution in [0.2, 0.25) is 0 Å². The maximum Gasteiger partial charge on any atom is 0.285 e. The molecule has 3 aromatic rings. The lowest BCUT2D eigenvalue weighted by atomic mass is 10.1. The Morgan fingerprint density at radius 2 is 2.07 bits per heavy atom. The van der Waals surface area contributed by atoms with Gasteiger partial charge in [0.05, 0.1) is 22.7 Å². The molecule has 1 saturated carbocycles. The van der Waals surface area contributed by atoms with E-state index < -0.39 is 0 Å². The van der Waals surface area contributed by atoms with Crippen LogP contribution in [-0.2, 0) is 4.79 Å². The summed E-state index contributed by atoms with van der Waals surface area (Å²) >= 11 is 1.42. The fraction of sp³-hybridized carbons (Fsp3) is 0.389. The number of aromatic nitrogens is 4. The summed E-state index contributed by atoms with van der Waals surface area (Å²) in [5.41, 5.74) is 0.733. The van der Waals surface area contributed by atoms with E-state index >= 15 is 0 Å². The number of hydrogen-bond donors (Lipinski definition) is 2. The average molecular weight is 384 g/mol. The van der Waals surface area contributed by atoms with Crippen LogP contribution in [-0.4, -0.2) is 32.7 Å². The van der Waals surface area contributed by atoms with Crippen molar-refractivity contribution >= 4 is 38.3 Å².